The molecule has 0 saturated heterocycles. The summed E-state index contributed by atoms with van der Waals surface area (Å²) < 4.78 is 5.70. The Balaban J connectivity index is 1.44. The molecule has 1 fully saturated rings. The molecular formula is C23H23NO2. The van der Waals surface area contributed by atoms with Crippen molar-refractivity contribution in [2.75, 3.05) is 0 Å². The van der Waals surface area contributed by atoms with E-state index in [0.717, 1.165) is 42.2 Å². The second-order valence-corrected chi connectivity index (χ2v) is 7.72. The Morgan fingerprint density at radius 1 is 1.15 bits per heavy atom. The molecular weight excluding hydrogens is 322 g/mol. The number of aryl methyl sites for hydroxylation is 2. The highest BCUT2D eigenvalue weighted by Crippen LogP contribution is 2.42. The largest absolute Gasteiger partial charge is 0.464 e. The van der Waals surface area contributed by atoms with Gasteiger partial charge in [0.15, 0.2) is 0 Å². The zero-order chi connectivity index (χ0) is 17.7. The molecule has 1 saturated carbocycles. The average Bonchev–Trinajstić information content (AvgIpc) is 3.27. The number of furan rings is 1. The van der Waals surface area contributed by atoms with Crippen LogP contribution in [0.5, 0.6) is 0 Å². The quantitative estimate of drug-likeness (QED) is 0.669. The highest BCUT2D eigenvalue weighted by Gasteiger charge is 2.40. The first-order chi connectivity index (χ1) is 12.7. The molecule has 132 valence electrons. The monoisotopic (exact) mass is 345 g/mol. The van der Waals surface area contributed by atoms with Gasteiger partial charge in [0.2, 0.25) is 5.91 Å². The number of amides is 1. The maximum atomic E-state index is 13.3. The lowest BCUT2D eigenvalue weighted by Gasteiger charge is -2.30. The predicted molar refractivity (Wildman–Crippen MR) is 102 cm³/mol. The molecule has 1 heterocycles. The van der Waals surface area contributed by atoms with Crippen LogP contribution in [0.2, 0.25) is 0 Å². The minimum Gasteiger partial charge on any atom is -0.464 e. The van der Waals surface area contributed by atoms with Gasteiger partial charge in [0, 0.05) is 17.0 Å². The molecule has 0 N–H and O–H groups in total. The number of carbonyl (C=O) groups is 1. The van der Waals surface area contributed by atoms with Gasteiger partial charge in [-0.15, -0.1) is 0 Å². The number of nitrogens with zero attached hydrogens (tertiary/aromatic N) is 1. The highest BCUT2D eigenvalue weighted by molar-refractivity contribution is 5.88. The van der Waals surface area contributed by atoms with E-state index >= 15 is 0 Å². The molecule has 3 nitrogen and oxygen atoms in total. The lowest BCUT2D eigenvalue weighted by atomic mass is 10.0. The zero-order valence-corrected chi connectivity index (χ0v) is 15.1. The molecule has 2 aliphatic carbocycles. The van der Waals surface area contributed by atoms with Crippen molar-refractivity contribution in [1.29, 1.82) is 0 Å². The van der Waals surface area contributed by atoms with E-state index in [-0.39, 0.29) is 11.9 Å². The van der Waals surface area contributed by atoms with Crippen molar-refractivity contribution in [2.45, 2.75) is 51.1 Å². The van der Waals surface area contributed by atoms with Crippen LogP contribution in [0.3, 0.4) is 0 Å². The molecule has 1 amide bonds. The lowest BCUT2D eigenvalue weighted by Crippen LogP contribution is -2.37. The first kappa shape index (κ1) is 15.7. The Labute approximate surface area is 153 Å². The molecule has 26 heavy (non-hydrogen) atoms. The van der Waals surface area contributed by atoms with Crippen LogP contribution in [-0.4, -0.2) is 16.8 Å². The number of rotatable bonds is 4. The van der Waals surface area contributed by atoms with Crippen molar-refractivity contribution in [3.05, 3.63) is 71.0 Å². The maximum absolute atomic E-state index is 13.3. The van der Waals surface area contributed by atoms with E-state index in [1.54, 1.807) is 6.26 Å². The molecule has 5 rings (SSSR count). The Hall–Kier alpha value is -2.55. The van der Waals surface area contributed by atoms with Gasteiger partial charge in [0.05, 0.1) is 18.7 Å². The number of hydrogen-bond acceptors (Lipinski definition) is 2. The zero-order valence-electron chi connectivity index (χ0n) is 15.1. The SMILES string of the molecule is Cc1ccc2c(CC(=O)N(C3CC3)C3CCc4ccccc43)coc2c1. The van der Waals surface area contributed by atoms with Crippen LogP contribution < -0.4 is 0 Å². The fraction of sp³-hybridized carbons (Fsp3) is 0.348. The van der Waals surface area contributed by atoms with E-state index in [4.69, 9.17) is 4.42 Å². The van der Waals surface area contributed by atoms with Crippen molar-refractivity contribution >= 4 is 16.9 Å². The molecule has 2 aromatic carbocycles. The fourth-order valence-electron chi connectivity index (χ4n) is 4.39. The summed E-state index contributed by atoms with van der Waals surface area (Å²) in [6.07, 6.45) is 6.57. The minimum atomic E-state index is 0.234. The molecule has 3 aromatic rings. The van der Waals surface area contributed by atoms with Gasteiger partial charge < -0.3 is 9.32 Å². The van der Waals surface area contributed by atoms with Crippen molar-refractivity contribution in [3.8, 4) is 0 Å². The van der Waals surface area contributed by atoms with E-state index in [1.165, 1.54) is 16.7 Å². The summed E-state index contributed by atoms with van der Waals surface area (Å²) in [5.41, 5.74) is 5.80. The summed E-state index contributed by atoms with van der Waals surface area (Å²) in [5, 5.41) is 1.06. The Kier molecular flexibility index (Phi) is 3.63. The summed E-state index contributed by atoms with van der Waals surface area (Å²) in [7, 11) is 0. The molecule has 0 bridgehead atoms. The van der Waals surface area contributed by atoms with E-state index in [2.05, 4.69) is 48.2 Å². The number of fused-ring (bicyclic) bond motifs is 2. The molecule has 0 aliphatic heterocycles. The van der Waals surface area contributed by atoms with Crippen LogP contribution in [0.1, 0.15) is 47.6 Å². The van der Waals surface area contributed by atoms with Crippen molar-refractivity contribution < 1.29 is 9.21 Å². The summed E-state index contributed by atoms with van der Waals surface area (Å²) in [6, 6.07) is 15.5. The lowest BCUT2D eigenvalue weighted by molar-refractivity contribution is -0.133. The van der Waals surface area contributed by atoms with Crippen LogP contribution >= 0.6 is 0 Å². The van der Waals surface area contributed by atoms with Crippen LogP contribution in [0.25, 0.3) is 11.0 Å². The molecule has 1 unspecified atom stereocenters. The van der Waals surface area contributed by atoms with Gasteiger partial charge >= 0.3 is 0 Å². The second-order valence-electron chi connectivity index (χ2n) is 7.72. The Morgan fingerprint density at radius 3 is 2.85 bits per heavy atom. The van der Waals surface area contributed by atoms with Gasteiger partial charge in [-0.25, -0.2) is 0 Å². The average molecular weight is 345 g/mol. The van der Waals surface area contributed by atoms with Gasteiger partial charge in [0.25, 0.3) is 0 Å². The van der Waals surface area contributed by atoms with Crippen molar-refractivity contribution in [2.24, 2.45) is 0 Å². The minimum absolute atomic E-state index is 0.234. The van der Waals surface area contributed by atoms with Crippen LogP contribution in [0, 0.1) is 6.92 Å². The number of carbonyl (C=O) groups excluding carboxylic acids is 1. The third-order valence-electron chi connectivity index (χ3n) is 5.82. The van der Waals surface area contributed by atoms with Crippen molar-refractivity contribution in [3.63, 3.8) is 0 Å². The second kappa shape index (κ2) is 6.01. The maximum Gasteiger partial charge on any atom is 0.227 e. The van der Waals surface area contributed by atoms with E-state index in [0.29, 0.717) is 12.5 Å². The van der Waals surface area contributed by atoms with Gasteiger partial charge in [-0.1, -0.05) is 36.4 Å². The number of benzene rings is 2. The summed E-state index contributed by atoms with van der Waals surface area (Å²) in [4.78, 5) is 15.5. The normalized spacial score (nSPS) is 18.9. The van der Waals surface area contributed by atoms with Crippen LogP contribution in [0.15, 0.2) is 53.1 Å². The van der Waals surface area contributed by atoms with Crippen LogP contribution in [0.4, 0.5) is 0 Å². The smallest absolute Gasteiger partial charge is 0.227 e. The summed E-state index contributed by atoms with van der Waals surface area (Å²) in [6.45, 7) is 2.05. The van der Waals surface area contributed by atoms with Gasteiger partial charge in [0.1, 0.15) is 5.58 Å². The summed E-state index contributed by atoms with van der Waals surface area (Å²) in [5.74, 6) is 0.234. The molecule has 1 atom stereocenters. The third kappa shape index (κ3) is 2.63. The van der Waals surface area contributed by atoms with E-state index in [9.17, 15) is 4.79 Å². The first-order valence-corrected chi connectivity index (χ1v) is 9.56. The van der Waals surface area contributed by atoms with E-state index < -0.39 is 0 Å². The van der Waals surface area contributed by atoms with Crippen molar-refractivity contribution in [1.82, 2.24) is 4.90 Å². The first-order valence-electron chi connectivity index (χ1n) is 9.56. The molecule has 0 spiro atoms. The number of hydrogen-bond donors (Lipinski definition) is 0. The standard InChI is InChI=1S/C23H23NO2/c1-15-6-10-20-17(14-26-22(20)12-15)13-23(25)24(18-8-9-18)21-11-7-16-4-2-3-5-19(16)21/h2-6,10,12,14,18,21H,7-9,11,13H2,1H3. The topological polar surface area (TPSA) is 33.5 Å². The Morgan fingerprint density at radius 2 is 2.00 bits per heavy atom. The summed E-state index contributed by atoms with van der Waals surface area (Å²) >= 11 is 0. The fourth-order valence-corrected chi connectivity index (χ4v) is 4.39. The van der Waals surface area contributed by atoms with Crippen LogP contribution in [-0.2, 0) is 17.6 Å². The Bertz CT molecular complexity index is 983. The predicted octanol–water partition coefficient (Wildman–Crippen LogP) is 4.96. The molecule has 3 heteroatoms. The van der Waals surface area contributed by atoms with Gasteiger partial charge in [-0.3, -0.25) is 4.79 Å². The molecule has 1 aromatic heterocycles. The third-order valence-corrected chi connectivity index (χ3v) is 5.82. The van der Waals surface area contributed by atoms with Gasteiger partial charge in [-0.2, -0.15) is 0 Å². The molecule has 2 aliphatic rings. The molecule has 0 radical (unpaired) electrons. The van der Waals surface area contributed by atoms with Gasteiger partial charge in [-0.05, 0) is 55.4 Å². The van der Waals surface area contributed by atoms with E-state index in [1.807, 2.05) is 6.07 Å². The highest BCUT2D eigenvalue weighted by atomic mass is 16.3.